The lowest BCUT2D eigenvalue weighted by Gasteiger charge is -1.73. The molecule has 1 heterocycles. The van der Waals surface area contributed by atoms with E-state index in [4.69, 9.17) is 5.26 Å². The molecular weight excluding hydrogens is 140 g/mol. The number of hydrogen-bond donors (Lipinski definition) is 1. The van der Waals surface area contributed by atoms with Crippen molar-refractivity contribution < 1.29 is 0 Å². The van der Waals surface area contributed by atoms with Crippen molar-refractivity contribution >= 4 is 24.2 Å². The van der Waals surface area contributed by atoms with E-state index in [-0.39, 0.29) is 0 Å². The minimum absolute atomic E-state index is 0.577. The topological polar surface area (TPSA) is 36.7 Å². The fourth-order valence-corrected chi connectivity index (χ4v) is 1.07. The van der Waals surface area contributed by atoms with Gasteiger partial charge in [0.25, 0.3) is 0 Å². The van der Waals surface area contributed by atoms with Crippen LogP contribution in [0.25, 0.3) is 0 Å². The number of nitrogens with zero attached hydrogens (tertiary/aromatic N) is 2. The van der Waals surface area contributed by atoms with Crippen LogP contribution in [0.15, 0.2) is 11.1 Å². The fourth-order valence-electron chi connectivity index (χ4n) is 0.312. The zero-order chi connectivity index (χ0) is 5.98. The summed E-state index contributed by atoms with van der Waals surface area (Å²) in [6, 6.07) is 1.95. The summed E-state index contributed by atoms with van der Waals surface area (Å²) in [5.74, 6) is 0. The third kappa shape index (κ3) is 0.831. The molecule has 0 saturated carbocycles. The summed E-state index contributed by atoms with van der Waals surface area (Å²) < 4.78 is 3.74. The van der Waals surface area contributed by atoms with Gasteiger partial charge in [-0.1, -0.05) is 0 Å². The van der Waals surface area contributed by atoms with Gasteiger partial charge in [-0.2, -0.15) is 9.64 Å². The third-order valence-electron chi connectivity index (χ3n) is 0.653. The predicted octanol–water partition coefficient (Wildman–Crippen LogP) is 1.30. The van der Waals surface area contributed by atoms with Crippen LogP contribution in [0.2, 0.25) is 0 Å². The molecule has 1 aromatic rings. The van der Waals surface area contributed by atoms with Crippen molar-refractivity contribution in [2.75, 3.05) is 0 Å². The van der Waals surface area contributed by atoms with E-state index in [0.29, 0.717) is 9.77 Å². The van der Waals surface area contributed by atoms with Gasteiger partial charge in [-0.25, -0.2) is 0 Å². The predicted molar refractivity (Wildman–Crippen MR) is 34.1 cm³/mol. The second-order valence-electron chi connectivity index (χ2n) is 1.15. The zero-order valence-electron chi connectivity index (χ0n) is 3.83. The Morgan fingerprint density at radius 1 is 1.88 bits per heavy atom. The van der Waals surface area contributed by atoms with Crippen LogP contribution in [0, 0.1) is 11.3 Å². The van der Waals surface area contributed by atoms with Gasteiger partial charge in [0.1, 0.15) is 10.9 Å². The molecule has 0 aliphatic carbocycles. The van der Waals surface area contributed by atoms with Gasteiger partial charge < -0.3 is 0 Å². The molecule has 0 saturated heterocycles. The number of thiol groups is 1. The standard InChI is InChI=1S/C4H2N2S2/c5-1-4-3(7)2-6-8-4/h2,7H. The van der Waals surface area contributed by atoms with E-state index in [0.717, 1.165) is 11.5 Å². The van der Waals surface area contributed by atoms with Crippen molar-refractivity contribution in [3.8, 4) is 6.07 Å². The van der Waals surface area contributed by atoms with E-state index in [1.165, 1.54) is 0 Å². The Kier molecular flexibility index (Phi) is 1.51. The molecule has 0 radical (unpaired) electrons. The lowest BCUT2D eigenvalue weighted by Crippen LogP contribution is -1.59. The van der Waals surface area contributed by atoms with Gasteiger partial charge in [0.15, 0.2) is 0 Å². The maximum Gasteiger partial charge on any atom is 0.138 e. The molecule has 8 heavy (non-hydrogen) atoms. The summed E-state index contributed by atoms with van der Waals surface area (Å²) in [6.45, 7) is 0. The van der Waals surface area contributed by atoms with Crippen LogP contribution in [0.4, 0.5) is 0 Å². The van der Waals surface area contributed by atoms with E-state index in [1.54, 1.807) is 6.20 Å². The molecule has 2 nitrogen and oxygen atoms in total. The molecule has 0 bridgehead atoms. The second kappa shape index (κ2) is 2.16. The number of rotatable bonds is 0. The maximum absolute atomic E-state index is 8.28. The summed E-state index contributed by atoms with van der Waals surface area (Å²) in [5, 5.41) is 8.28. The Bertz CT molecular complexity index is 222. The number of hydrogen-bond acceptors (Lipinski definition) is 4. The van der Waals surface area contributed by atoms with Gasteiger partial charge in [0.05, 0.1) is 11.1 Å². The monoisotopic (exact) mass is 142 g/mol. The average molecular weight is 142 g/mol. The first kappa shape index (κ1) is 5.60. The van der Waals surface area contributed by atoms with Crippen LogP contribution in [0.3, 0.4) is 0 Å². The molecule has 4 heteroatoms. The van der Waals surface area contributed by atoms with Crippen LogP contribution in [0.1, 0.15) is 4.88 Å². The Morgan fingerprint density at radius 3 is 2.88 bits per heavy atom. The summed E-state index contributed by atoms with van der Waals surface area (Å²) >= 11 is 5.12. The minimum atomic E-state index is 0.577. The molecule has 0 fully saturated rings. The van der Waals surface area contributed by atoms with Gasteiger partial charge in [-0.3, -0.25) is 0 Å². The first-order valence-electron chi connectivity index (χ1n) is 1.88. The summed E-state index contributed by atoms with van der Waals surface area (Å²) in [6.07, 6.45) is 1.56. The fraction of sp³-hybridized carbons (Fsp3) is 0. The van der Waals surface area contributed by atoms with Crippen molar-refractivity contribution in [3.05, 3.63) is 11.1 Å². The molecule has 0 amide bonds. The minimum Gasteiger partial charge on any atom is -0.199 e. The highest BCUT2D eigenvalue weighted by Gasteiger charge is 1.96. The molecule has 1 aromatic heterocycles. The van der Waals surface area contributed by atoms with E-state index >= 15 is 0 Å². The van der Waals surface area contributed by atoms with E-state index in [2.05, 4.69) is 17.0 Å². The summed E-state index contributed by atoms with van der Waals surface area (Å²) in [7, 11) is 0. The Hall–Kier alpha value is -0.530. The first-order chi connectivity index (χ1) is 3.84. The van der Waals surface area contributed by atoms with Crippen LogP contribution in [-0.2, 0) is 0 Å². The van der Waals surface area contributed by atoms with Crippen molar-refractivity contribution in [1.82, 2.24) is 4.37 Å². The second-order valence-corrected chi connectivity index (χ2v) is 2.44. The Labute approximate surface area is 56.3 Å². The van der Waals surface area contributed by atoms with E-state index < -0.39 is 0 Å². The molecular formula is C4H2N2S2. The largest absolute Gasteiger partial charge is 0.199 e. The molecule has 0 aliphatic rings. The third-order valence-corrected chi connectivity index (χ3v) is 1.85. The van der Waals surface area contributed by atoms with Crippen molar-refractivity contribution in [3.63, 3.8) is 0 Å². The molecule has 0 N–H and O–H groups in total. The van der Waals surface area contributed by atoms with Crippen molar-refractivity contribution in [2.45, 2.75) is 4.90 Å². The Balaban J connectivity index is 3.15. The van der Waals surface area contributed by atoms with Gasteiger partial charge in [0, 0.05) is 0 Å². The van der Waals surface area contributed by atoms with Gasteiger partial charge >= 0.3 is 0 Å². The zero-order valence-corrected chi connectivity index (χ0v) is 5.54. The molecule has 0 aromatic carbocycles. The van der Waals surface area contributed by atoms with E-state index in [9.17, 15) is 0 Å². The smallest absolute Gasteiger partial charge is 0.138 e. The molecule has 0 aliphatic heterocycles. The maximum atomic E-state index is 8.28. The molecule has 0 atom stereocenters. The molecule has 0 spiro atoms. The summed E-state index contributed by atoms with van der Waals surface area (Å²) in [4.78, 5) is 1.24. The van der Waals surface area contributed by atoms with Crippen molar-refractivity contribution in [2.24, 2.45) is 0 Å². The van der Waals surface area contributed by atoms with Gasteiger partial charge in [-0.15, -0.1) is 12.6 Å². The van der Waals surface area contributed by atoms with Crippen LogP contribution in [-0.4, -0.2) is 4.37 Å². The highest BCUT2D eigenvalue weighted by molar-refractivity contribution is 7.80. The van der Waals surface area contributed by atoms with Gasteiger partial charge in [-0.05, 0) is 11.5 Å². The SMILES string of the molecule is N#Cc1sncc1S. The quantitative estimate of drug-likeness (QED) is 0.554. The number of aromatic nitrogens is 1. The van der Waals surface area contributed by atoms with Crippen LogP contribution < -0.4 is 0 Å². The normalized spacial score (nSPS) is 8.50. The average Bonchev–Trinajstić information content (AvgIpc) is 2.14. The van der Waals surface area contributed by atoms with E-state index in [1.807, 2.05) is 6.07 Å². The highest BCUT2D eigenvalue weighted by atomic mass is 32.1. The molecule has 1 rings (SSSR count). The summed E-state index contributed by atoms with van der Waals surface area (Å²) in [5.41, 5.74) is 0. The number of nitriles is 1. The first-order valence-corrected chi connectivity index (χ1v) is 3.10. The van der Waals surface area contributed by atoms with Crippen LogP contribution >= 0.6 is 24.2 Å². The lowest BCUT2D eigenvalue weighted by molar-refractivity contribution is 1.41. The highest BCUT2D eigenvalue weighted by Crippen LogP contribution is 2.14. The van der Waals surface area contributed by atoms with Crippen LogP contribution in [0.5, 0.6) is 0 Å². The van der Waals surface area contributed by atoms with Crippen molar-refractivity contribution in [1.29, 1.82) is 5.26 Å². The lowest BCUT2D eigenvalue weighted by atomic mass is 10.5. The Morgan fingerprint density at radius 2 is 2.62 bits per heavy atom. The van der Waals surface area contributed by atoms with Gasteiger partial charge in [0.2, 0.25) is 0 Å². The molecule has 0 unspecified atom stereocenters. The molecule has 40 valence electrons.